The molecule has 0 radical (unpaired) electrons. The monoisotopic (exact) mass is 571 g/mol. The van der Waals surface area contributed by atoms with Crippen molar-refractivity contribution in [2.75, 3.05) is 4.90 Å². The Morgan fingerprint density at radius 3 is 2.10 bits per heavy atom. The first-order chi connectivity index (χ1) is 18.0. The Balaban J connectivity index is 1.87. The normalized spacial score (nSPS) is 13.2. The van der Waals surface area contributed by atoms with Gasteiger partial charge >= 0.3 is 18.7 Å². The quantitative estimate of drug-likeness (QED) is 0.212. The molecule has 14 heteroatoms. The average Bonchev–Trinajstić information content (AvgIpc) is 2.79. The van der Waals surface area contributed by atoms with Crippen LogP contribution in [0.1, 0.15) is 23.1 Å². The molecule has 1 atom stereocenters. The molecule has 3 rings (SSSR count). The summed E-state index contributed by atoms with van der Waals surface area (Å²) >= 11 is 0. The predicted molar refractivity (Wildman–Crippen MR) is 118 cm³/mol. The number of aliphatic hydroxyl groups is 1. The first-order valence-corrected chi connectivity index (χ1v) is 10.9. The molecule has 0 aromatic heterocycles. The Morgan fingerprint density at radius 1 is 0.795 bits per heavy atom. The lowest BCUT2D eigenvalue weighted by Gasteiger charge is -2.31. The maximum absolute atomic E-state index is 14.4. The molecule has 0 aliphatic rings. The number of hydrogen-bond donors (Lipinski definition) is 1. The minimum Gasteiger partial charge on any atom is -0.489 e. The van der Waals surface area contributed by atoms with Crippen molar-refractivity contribution < 1.29 is 58.5 Å². The van der Waals surface area contributed by atoms with Crippen LogP contribution in [0.3, 0.4) is 0 Å². The summed E-state index contributed by atoms with van der Waals surface area (Å²) in [6.07, 6.45) is -18.8. The zero-order valence-corrected chi connectivity index (χ0v) is 19.5. The lowest BCUT2D eigenvalue weighted by atomic mass is 10.1. The number of hydrogen-bond acceptors (Lipinski definition) is 4. The summed E-state index contributed by atoms with van der Waals surface area (Å²) < 4.78 is 139. The van der Waals surface area contributed by atoms with Gasteiger partial charge in [0.1, 0.15) is 30.2 Å². The molecule has 0 amide bonds. The number of alkyl halides is 9. The van der Waals surface area contributed by atoms with E-state index in [1.165, 1.54) is 30.3 Å². The van der Waals surface area contributed by atoms with E-state index < -0.39 is 60.6 Å². The van der Waals surface area contributed by atoms with Crippen molar-refractivity contribution in [3.05, 3.63) is 89.2 Å². The summed E-state index contributed by atoms with van der Waals surface area (Å²) in [6.45, 7) is -1.17. The number of benzene rings is 3. The van der Waals surface area contributed by atoms with Crippen LogP contribution >= 0.6 is 0 Å². The molecule has 0 bridgehead atoms. The third-order valence-electron chi connectivity index (χ3n) is 5.17. The molecule has 4 nitrogen and oxygen atoms in total. The van der Waals surface area contributed by atoms with Crippen molar-refractivity contribution in [2.24, 2.45) is 0 Å². The van der Waals surface area contributed by atoms with Gasteiger partial charge in [0, 0.05) is 23.9 Å². The number of ether oxygens (including phenoxy) is 2. The topological polar surface area (TPSA) is 41.9 Å². The summed E-state index contributed by atoms with van der Waals surface area (Å²) in [5, 5.41) is 10.3. The summed E-state index contributed by atoms with van der Waals surface area (Å²) in [6, 6.07) is 11.2. The minimum atomic E-state index is -4.92. The molecule has 1 N–H and O–H groups in total. The van der Waals surface area contributed by atoms with Crippen LogP contribution in [0, 0.1) is 5.82 Å². The van der Waals surface area contributed by atoms with Gasteiger partial charge < -0.3 is 19.5 Å². The maximum atomic E-state index is 14.4. The SMILES string of the molecule is OC(CC(F)(F)F)N(Cc1cc(C(F)(F)F)ccc1F)c1cccc(OCc2cccc(OC(F)(F)F)c2)c1. The standard InChI is InChI=1S/C25H19F10NO3/c26-21-8-7-17(24(30,31)32)10-16(21)13-36(22(37)12-23(27,28)29)18-4-2-5-19(11-18)38-14-15-3-1-6-20(9-15)39-25(33,34)35/h1-11,22,37H,12-14H2. The molecule has 0 aliphatic heterocycles. The van der Waals surface area contributed by atoms with Gasteiger partial charge in [-0.15, -0.1) is 13.2 Å². The van der Waals surface area contributed by atoms with E-state index in [1.54, 1.807) is 0 Å². The molecular weight excluding hydrogens is 552 g/mol. The first kappa shape index (κ1) is 29.9. The van der Waals surface area contributed by atoms with Crippen LogP contribution in [0.5, 0.6) is 11.5 Å². The van der Waals surface area contributed by atoms with E-state index >= 15 is 0 Å². The summed E-state index contributed by atoms with van der Waals surface area (Å²) in [4.78, 5) is 0.650. The Labute approximate surface area is 215 Å². The van der Waals surface area contributed by atoms with Gasteiger partial charge in [0.05, 0.1) is 12.0 Å². The van der Waals surface area contributed by atoms with E-state index in [9.17, 15) is 49.0 Å². The third kappa shape index (κ3) is 9.23. The van der Waals surface area contributed by atoms with Gasteiger partial charge in [0.2, 0.25) is 0 Å². The zero-order valence-electron chi connectivity index (χ0n) is 19.5. The summed E-state index contributed by atoms with van der Waals surface area (Å²) in [5.41, 5.74) is -1.78. The van der Waals surface area contributed by atoms with E-state index in [2.05, 4.69) is 4.74 Å². The highest BCUT2D eigenvalue weighted by Gasteiger charge is 2.35. The fourth-order valence-electron chi connectivity index (χ4n) is 3.49. The molecule has 212 valence electrons. The van der Waals surface area contributed by atoms with Crippen molar-refractivity contribution >= 4 is 5.69 Å². The molecule has 0 heterocycles. The molecule has 0 saturated carbocycles. The molecular formula is C25H19F10NO3. The largest absolute Gasteiger partial charge is 0.573 e. The fraction of sp³-hybridized carbons (Fsp3) is 0.280. The van der Waals surface area contributed by atoms with Crippen molar-refractivity contribution in [1.82, 2.24) is 0 Å². The van der Waals surface area contributed by atoms with Crippen molar-refractivity contribution in [1.29, 1.82) is 0 Å². The molecule has 0 aliphatic carbocycles. The predicted octanol–water partition coefficient (Wildman–Crippen LogP) is 7.60. The first-order valence-electron chi connectivity index (χ1n) is 10.9. The van der Waals surface area contributed by atoms with Crippen molar-refractivity contribution in [3.8, 4) is 11.5 Å². The van der Waals surface area contributed by atoms with E-state index in [0.29, 0.717) is 23.1 Å². The Hall–Kier alpha value is -3.68. The highest BCUT2D eigenvalue weighted by atomic mass is 19.4. The highest BCUT2D eigenvalue weighted by molar-refractivity contribution is 5.52. The second-order valence-electron chi connectivity index (χ2n) is 8.21. The molecule has 0 saturated heterocycles. The molecule has 3 aromatic rings. The van der Waals surface area contributed by atoms with Gasteiger partial charge in [-0.05, 0) is 48.0 Å². The fourth-order valence-corrected chi connectivity index (χ4v) is 3.49. The number of rotatable bonds is 9. The van der Waals surface area contributed by atoms with Gasteiger partial charge in [0.15, 0.2) is 0 Å². The Bertz CT molecular complexity index is 1260. The Kier molecular flexibility index (Phi) is 8.88. The summed E-state index contributed by atoms with van der Waals surface area (Å²) in [7, 11) is 0. The lowest BCUT2D eigenvalue weighted by Crippen LogP contribution is -2.38. The Morgan fingerprint density at radius 2 is 1.46 bits per heavy atom. The molecule has 1 unspecified atom stereocenters. The number of nitrogens with zero attached hydrogens (tertiary/aromatic N) is 1. The lowest BCUT2D eigenvalue weighted by molar-refractivity contribution is -0.274. The van der Waals surface area contributed by atoms with Gasteiger partial charge in [-0.1, -0.05) is 18.2 Å². The van der Waals surface area contributed by atoms with E-state index in [0.717, 1.165) is 18.2 Å². The highest BCUT2D eigenvalue weighted by Crippen LogP contribution is 2.33. The molecule has 0 fully saturated rings. The molecule has 0 spiro atoms. The molecule has 3 aromatic carbocycles. The minimum absolute atomic E-state index is 0.0108. The third-order valence-corrected chi connectivity index (χ3v) is 5.17. The zero-order chi connectivity index (χ0) is 29.0. The van der Waals surface area contributed by atoms with Crippen LogP contribution in [0.4, 0.5) is 49.6 Å². The van der Waals surface area contributed by atoms with Gasteiger partial charge in [-0.3, -0.25) is 0 Å². The van der Waals surface area contributed by atoms with Gasteiger partial charge in [-0.25, -0.2) is 4.39 Å². The second kappa shape index (κ2) is 11.6. The summed E-state index contributed by atoms with van der Waals surface area (Å²) in [5.74, 6) is -1.66. The van der Waals surface area contributed by atoms with E-state index in [1.807, 2.05) is 0 Å². The average molecular weight is 571 g/mol. The van der Waals surface area contributed by atoms with Crippen LogP contribution in [0.25, 0.3) is 0 Å². The number of anilines is 1. The van der Waals surface area contributed by atoms with Gasteiger partial charge in [-0.2, -0.15) is 26.3 Å². The van der Waals surface area contributed by atoms with E-state index in [-0.39, 0.29) is 23.6 Å². The van der Waals surface area contributed by atoms with Crippen LogP contribution in [0.2, 0.25) is 0 Å². The number of aliphatic hydroxyl groups excluding tert-OH is 1. The second-order valence-corrected chi connectivity index (χ2v) is 8.21. The smallest absolute Gasteiger partial charge is 0.489 e. The van der Waals surface area contributed by atoms with Crippen molar-refractivity contribution in [2.45, 2.75) is 44.5 Å². The van der Waals surface area contributed by atoms with E-state index in [4.69, 9.17) is 4.74 Å². The van der Waals surface area contributed by atoms with Crippen molar-refractivity contribution in [3.63, 3.8) is 0 Å². The maximum Gasteiger partial charge on any atom is 0.573 e. The van der Waals surface area contributed by atoms with Gasteiger partial charge in [0.25, 0.3) is 0 Å². The number of halogens is 10. The van der Waals surface area contributed by atoms with Crippen LogP contribution in [-0.2, 0) is 19.3 Å². The molecule has 39 heavy (non-hydrogen) atoms. The van der Waals surface area contributed by atoms with Crippen LogP contribution in [0.15, 0.2) is 66.7 Å². The van der Waals surface area contributed by atoms with Crippen LogP contribution in [-0.4, -0.2) is 23.9 Å². The van der Waals surface area contributed by atoms with Crippen LogP contribution < -0.4 is 14.4 Å².